The van der Waals surface area contributed by atoms with Crippen LogP contribution in [0, 0.1) is 0 Å². The molecular formula is C23H25N3O4. The molecule has 0 amide bonds. The fourth-order valence-electron chi connectivity index (χ4n) is 3.75. The van der Waals surface area contributed by atoms with Gasteiger partial charge in [0.1, 0.15) is 5.65 Å². The average molecular weight is 407 g/mol. The highest BCUT2D eigenvalue weighted by Gasteiger charge is 2.14. The van der Waals surface area contributed by atoms with Crippen molar-refractivity contribution in [1.82, 2.24) is 14.3 Å². The van der Waals surface area contributed by atoms with Gasteiger partial charge in [0.2, 0.25) is 0 Å². The topological polar surface area (TPSA) is 76.3 Å². The SMILES string of the molecule is COc1ccc(-c2cc(=O)n3cc(C4=CCN(CCO)CC4)ccc3n2)cc1OC. The normalized spacial score (nSPS) is 14.6. The van der Waals surface area contributed by atoms with E-state index in [1.54, 1.807) is 24.7 Å². The Kier molecular flexibility index (Phi) is 5.83. The van der Waals surface area contributed by atoms with Gasteiger partial charge in [-0.2, -0.15) is 0 Å². The van der Waals surface area contributed by atoms with Crippen molar-refractivity contribution in [3.05, 3.63) is 64.6 Å². The molecule has 3 heterocycles. The highest BCUT2D eigenvalue weighted by Crippen LogP contribution is 2.31. The van der Waals surface area contributed by atoms with Crippen molar-refractivity contribution in [3.8, 4) is 22.8 Å². The number of benzene rings is 1. The summed E-state index contributed by atoms with van der Waals surface area (Å²) >= 11 is 0. The van der Waals surface area contributed by atoms with Crippen molar-refractivity contribution in [2.75, 3.05) is 40.5 Å². The van der Waals surface area contributed by atoms with Crippen LogP contribution in [-0.2, 0) is 0 Å². The molecule has 0 bridgehead atoms. The number of fused-ring (bicyclic) bond motifs is 1. The van der Waals surface area contributed by atoms with Gasteiger partial charge >= 0.3 is 0 Å². The van der Waals surface area contributed by atoms with E-state index in [9.17, 15) is 4.79 Å². The second-order valence-electron chi connectivity index (χ2n) is 7.20. The molecule has 0 aliphatic carbocycles. The molecule has 1 N–H and O–H groups in total. The summed E-state index contributed by atoms with van der Waals surface area (Å²) in [4.78, 5) is 19.7. The third-order valence-corrected chi connectivity index (χ3v) is 5.42. The molecule has 7 nitrogen and oxygen atoms in total. The molecule has 0 radical (unpaired) electrons. The number of rotatable bonds is 6. The largest absolute Gasteiger partial charge is 0.493 e. The Morgan fingerprint density at radius 2 is 1.87 bits per heavy atom. The summed E-state index contributed by atoms with van der Waals surface area (Å²) in [6.45, 7) is 2.56. The molecular weight excluding hydrogens is 382 g/mol. The summed E-state index contributed by atoms with van der Waals surface area (Å²) in [6.07, 6.45) is 4.91. The van der Waals surface area contributed by atoms with Crippen LogP contribution in [0.2, 0.25) is 0 Å². The lowest BCUT2D eigenvalue weighted by Gasteiger charge is -2.25. The van der Waals surface area contributed by atoms with Crippen molar-refractivity contribution in [2.24, 2.45) is 0 Å². The third-order valence-electron chi connectivity index (χ3n) is 5.42. The van der Waals surface area contributed by atoms with Crippen LogP contribution in [0.4, 0.5) is 0 Å². The van der Waals surface area contributed by atoms with Gasteiger partial charge in [0.05, 0.1) is 26.5 Å². The van der Waals surface area contributed by atoms with Crippen LogP contribution in [0.1, 0.15) is 12.0 Å². The maximum atomic E-state index is 12.8. The van der Waals surface area contributed by atoms with Gasteiger partial charge < -0.3 is 14.6 Å². The lowest BCUT2D eigenvalue weighted by atomic mass is 10.0. The first-order valence-corrected chi connectivity index (χ1v) is 9.91. The highest BCUT2D eigenvalue weighted by molar-refractivity contribution is 5.69. The first kappa shape index (κ1) is 20.1. The molecule has 1 aromatic carbocycles. The molecule has 0 saturated carbocycles. The zero-order valence-electron chi connectivity index (χ0n) is 17.2. The zero-order valence-corrected chi connectivity index (χ0v) is 17.2. The number of aromatic nitrogens is 2. The maximum Gasteiger partial charge on any atom is 0.258 e. The predicted octanol–water partition coefficient (Wildman–Crippen LogP) is 2.46. The maximum absolute atomic E-state index is 12.8. The molecule has 156 valence electrons. The molecule has 0 saturated heterocycles. The van der Waals surface area contributed by atoms with E-state index in [0.29, 0.717) is 29.4 Å². The summed E-state index contributed by atoms with van der Waals surface area (Å²) in [5.74, 6) is 1.22. The number of aliphatic hydroxyl groups is 1. The van der Waals surface area contributed by atoms with E-state index < -0.39 is 0 Å². The number of nitrogens with zero attached hydrogens (tertiary/aromatic N) is 3. The molecule has 4 rings (SSSR count). The number of hydrogen-bond acceptors (Lipinski definition) is 6. The van der Waals surface area contributed by atoms with E-state index in [1.807, 2.05) is 30.5 Å². The van der Waals surface area contributed by atoms with Crippen LogP contribution in [0.3, 0.4) is 0 Å². The number of pyridine rings is 1. The van der Waals surface area contributed by atoms with E-state index in [0.717, 1.165) is 30.6 Å². The fourth-order valence-corrected chi connectivity index (χ4v) is 3.75. The Morgan fingerprint density at radius 3 is 2.57 bits per heavy atom. The van der Waals surface area contributed by atoms with Crippen molar-refractivity contribution in [3.63, 3.8) is 0 Å². The Labute approximate surface area is 174 Å². The molecule has 0 spiro atoms. The lowest BCUT2D eigenvalue weighted by molar-refractivity contribution is 0.208. The van der Waals surface area contributed by atoms with Crippen LogP contribution in [-0.4, -0.2) is 59.9 Å². The number of β-amino-alcohol motifs (C(OH)–C–C–N with tert-alkyl or cyclic N) is 1. The molecule has 1 aliphatic rings. The zero-order chi connectivity index (χ0) is 21.1. The van der Waals surface area contributed by atoms with Crippen molar-refractivity contribution in [2.45, 2.75) is 6.42 Å². The first-order valence-electron chi connectivity index (χ1n) is 9.91. The Bertz CT molecular complexity index is 1150. The van der Waals surface area contributed by atoms with Crippen LogP contribution in [0.25, 0.3) is 22.5 Å². The quantitative estimate of drug-likeness (QED) is 0.677. The van der Waals surface area contributed by atoms with Gasteiger partial charge in [0, 0.05) is 37.5 Å². The predicted molar refractivity (Wildman–Crippen MR) is 116 cm³/mol. The summed E-state index contributed by atoms with van der Waals surface area (Å²) in [5.41, 5.74) is 4.07. The van der Waals surface area contributed by atoms with Gasteiger partial charge in [-0.05, 0) is 47.9 Å². The van der Waals surface area contributed by atoms with Gasteiger partial charge in [-0.3, -0.25) is 14.1 Å². The summed E-state index contributed by atoms with van der Waals surface area (Å²) in [6, 6.07) is 10.9. The van der Waals surface area contributed by atoms with E-state index in [2.05, 4.69) is 16.0 Å². The van der Waals surface area contributed by atoms with Crippen LogP contribution >= 0.6 is 0 Å². The van der Waals surface area contributed by atoms with E-state index in [4.69, 9.17) is 14.6 Å². The number of ether oxygens (including phenoxy) is 2. The minimum absolute atomic E-state index is 0.134. The fraction of sp³-hybridized carbons (Fsp3) is 0.304. The van der Waals surface area contributed by atoms with E-state index >= 15 is 0 Å². The molecule has 1 aliphatic heterocycles. The Morgan fingerprint density at radius 1 is 1.07 bits per heavy atom. The molecule has 3 aromatic rings. The molecule has 0 atom stereocenters. The number of aliphatic hydroxyl groups excluding tert-OH is 1. The van der Waals surface area contributed by atoms with E-state index in [1.165, 1.54) is 11.6 Å². The standard InChI is InChI=1S/C23H25N3O4/c1-29-20-5-3-17(13-21(20)30-2)19-14-23(28)26-15-18(4-6-22(26)24-19)16-7-9-25(10-8-16)11-12-27/h3-7,13-15,27H,8-12H2,1-2H3. The van der Waals surface area contributed by atoms with Gasteiger partial charge in [-0.15, -0.1) is 0 Å². The van der Waals surface area contributed by atoms with Gasteiger partial charge in [-0.1, -0.05) is 6.08 Å². The van der Waals surface area contributed by atoms with Crippen LogP contribution in [0.15, 0.2) is 53.5 Å². The lowest BCUT2D eigenvalue weighted by Crippen LogP contribution is -2.31. The molecule has 7 heteroatoms. The molecule has 30 heavy (non-hydrogen) atoms. The Balaban J connectivity index is 1.68. The smallest absolute Gasteiger partial charge is 0.258 e. The number of methoxy groups -OCH3 is 2. The van der Waals surface area contributed by atoms with Crippen molar-refractivity contribution < 1.29 is 14.6 Å². The van der Waals surface area contributed by atoms with Gasteiger partial charge in [0.15, 0.2) is 11.5 Å². The molecule has 0 unspecified atom stereocenters. The number of hydrogen-bond donors (Lipinski definition) is 1. The van der Waals surface area contributed by atoms with Crippen LogP contribution < -0.4 is 15.0 Å². The minimum Gasteiger partial charge on any atom is -0.493 e. The third kappa shape index (κ3) is 3.94. The summed E-state index contributed by atoms with van der Waals surface area (Å²) < 4.78 is 12.2. The van der Waals surface area contributed by atoms with Gasteiger partial charge in [-0.25, -0.2) is 4.98 Å². The molecule has 2 aromatic heterocycles. The highest BCUT2D eigenvalue weighted by atomic mass is 16.5. The Hall–Kier alpha value is -3.16. The average Bonchev–Trinajstić information content (AvgIpc) is 2.79. The van der Waals surface area contributed by atoms with Crippen molar-refractivity contribution >= 4 is 11.2 Å². The minimum atomic E-state index is -0.134. The van der Waals surface area contributed by atoms with Crippen LogP contribution in [0.5, 0.6) is 11.5 Å². The monoisotopic (exact) mass is 407 g/mol. The van der Waals surface area contributed by atoms with E-state index in [-0.39, 0.29) is 12.2 Å². The second kappa shape index (κ2) is 8.69. The van der Waals surface area contributed by atoms with Gasteiger partial charge in [0.25, 0.3) is 5.56 Å². The summed E-state index contributed by atoms with van der Waals surface area (Å²) in [5, 5.41) is 9.09. The summed E-state index contributed by atoms with van der Waals surface area (Å²) in [7, 11) is 3.16. The first-order chi connectivity index (χ1) is 14.6. The molecule has 0 fully saturated rings. The second-order valence-corrected chi connectivity index (χ2v) is 7.20. The van der Waals surface area contributed by atoms with Crippen molar-refractivity contribution in [1.29, 1.82) is 0 Å².